The summed E-state index contributed by atoms with van der Waals surface area (Å²) in [7, 11) is 4.15. The van der Waals surface area contributed by atoms with Crippen molar-refractivity contribution in [2.24, 2.45) is 11.1 Å². The van der Waals surface area contributed by atoms with E-state index in [9.17, 15) is 4.79 Å². The van der Waals surface area contributed by atoms with Gasteiger partial charge in [-0.3, -0.25) is 4.79 Å². The largest absolute Gasteiger partial charge is 0.343 e. The quantitative estimate of drug-likeness (QED) is 0.742. The second-order valence-electron chi connectivity index (χ2n) is 6.57. The van der Waals surface area contributed by atoms with Crippen molar-refractivity contribution in [1.82, 2.24) is 9.80 Å². The van der Waals surface area contributed by atoms with E-state index in [4.69, 9.17) is 5.73 Å². The number of hydrogen-bond donors (Lipinski definition) is 1. The Kier molecular flexibility index (Phi) is 7.52. The fraction of sp³-hybridized carbons (Fsp3) is 0.938. The average Bonchev–Trinajstić information content (AvgIpc) is 2.44. The van der Waals surface area contributed by atoms with Gasteiger partial charge in [-0.15, -0.1) is 0 Å². The van der Waals surface area contributed by atoms with E-state index in [0.717, 1.165) is 38.9 Å². The van der Waals surface area contributed by atoms with Crippen molar-refractivity contribution in [2.45, 2.75) is 51.9 Å². The third-order valence-electron chi connectivity index (χ3n) is 4.64. The van der Waals surface area contributed by atoms with E-state index < -0.39 is 0 Å². The normalized spacial score (nSPS) is 18.2. The maximum Gasteiger partial charge on any atom is 0.223 e. The highest BCUT2D eigenvalue weighted by Crippen LogP contribution is 2.38. The van der Waals surface area contributed by atoms with E-state index in [2.05, 4.69) is 25.9 Å². The third-order valence-corrected chi connectivity index (χ3v) is 4.64. The Balaban J connectivity index is 2.48. The van der Waals surface area contributed by atoms with Crippen LogP contribution in [-0.2, 0) is 4.79 Å². The van der Waals surface area contributed by atoms with Gasteiger partial charge in [0.2, 0.25) is 5.91 Å². The van der Waals surface area contributed by atoms with Crippen molar-refractivity contribution in [1.29, 1.82) is 0 Å². The molecule has 1 aliphatic carbocycles. The maximum atomic E-state index is 12.5. The van der Waals surface area contributed by atoms with Crippen LogP contribution in [-0.4, -0.2) is 56.0 Å². The van der Waals surface area contributed by atoms with Crippen molar-refractivity contribution in [3.05, 3.63) is 0 Å². The van der Waals surface area contributed by atoms with Gasteiger partial charge in [0.15, 0.2) is 0 Å². The summed E-state index contributed by atoms with van der Waals surface area (Å²) in [5.41, 5.74) is 6.08. The minimum absolute atomic E-state index is 0.0876. The second kappa shape index (κ2) is 8.63. The highest BCUT2D eigenvalue weighted by Gasteiger charge is 2.34. The molecule has 1 fully saturated rings. The summed E-state index contributed by atoms with van der Waals surface area (Å²) in [6, 6.07) is 0. The van der Waals surface area contributed by atoms with Crippen LogP contribution in [0.15, 0.2) is 0 Å². The van der Waals surface area contributed by atoms with Gasteiger partial charge >= 0.3 is 0 Å². The summed E-state index contributed by atoms with van der Waals surface area (Å²) in [6.07, 6.45) is 7.72. The van der Waals surface area contributed by atoms with Crippen LogP contribution >= 0.6 is 0 Å². The standard InChI is InChI=1S/C16H33N3O/c1-4-19(12-8-11-18(2)3)15(20)13-16(14-17)9-6-5-7-10-16/h4-14,17H2,1-3H3. The van der Waals surface area contributed by atoms with Gasteiger partial charge < -0.3 is 15.5 Å². The molecule has 0 saturated heterocycles. The molecular weight excluding hydrogens is 250 g/mol. The number of carbonyl (C=O) groups is 1. The van der Waals surface area contributed by atoms with Crippen molar-refractivity contribution in [3.63, 3.8) is 0 Å². The molecule has 2 N–H and O–H groups in total. The molecule has 1 saturated carbocycles. The van der Waals surface area contributed by atoms with Crippen molar-refractivity contribution >= 4 is 5.91 Å². The number of nitrogens with two attached hydrogens (primary N) is 1. The van der Waals surface area contributed by atoms with E-state index >= 15 is 0 Å². The van der Waals surface area contributed by atoms with Gasteiger partial charge in [0.25, 0.3) is 0 Å². The fourth-order valence-electron chi connectivity index (χ4n) is 3.22. The predicted octanol–water partition coefficient (Wildman–Crippen LogP) is 2.09. The number of carbonyl (C=O) groups excluding carboxylic acids is 1. The third kappa shape index (κ3) is 5.41. The van der Waals surface area contributed by atoms with Crippen LogP contribution in [0.4, 0.5) is 0 Å². The van der Waals surface area contributed by atoms with Gasteiger partial charge in [-0.1, -0.05) is 19.3 Å². The van der Waals surface area contributed by atoms with Crippen LogP contribution in [0.3, 0.4) is 0 Å². The van der Waals surface area contributed by atoms with Gasteiger partial charge in [0, 0.05) is 19.5 Å². The van der Waals surface area contributed by atoms with E-state index in [-0.39, 0.29) is 5.41 Å². The molecular formula is C16H33N3O. The van der Waals surface area contributed by atoms with E-state index in [1.807, 2.05) is 4.90 Å². The van der Waals surface area contributed by atoms with Crippen LogP contribution in [0, 0.1) is 5.41 Å². The Morgan fingerprint density at radius 2 is 1.80 bits per heavy atom. The topological polar surface area (TPSA) is 49.6 Å². The summed E-state index contributed by atoms with van der Waals surface area (Å²) < 4.78 is 0. The van der Waals surface area contributed by atoms with Gasteiger partial charge in [-0.05, 0) is 58.8 Å². The monoisotopic (exact) mass is 283 g/mol. The number of rotatable bonds is 8. The number of amides is 1. The molecule has 0 radical (unpaired) electrons. The first kappa shape index (κ1) is 17.4. The van der Waals surface area contributed by atoms with Gasteiger partial charge in [0.05, 0.1) is 0 Å². The average molecular weight is 283 g/mol. The lowest BCUT2D eigenvalue weighted by Crippen LogP contribution is -2.41. The van der Waals surface area contributed by atoms with Crippen molar-refractivity contribution in [3.8, 4) is 0 Å². The molecule has 1 amide bonds. The zero-order chi connectivity index (χ0) is 15.0. The molecule has 4 nitrogen and oxygen atoms in total. The lowest BCUT2D eigenvalue weighted by atomic mass is 9.71. The zero-order valence-electron chi connectivity index (χ0n) is 13.7. The number of nitrogens with zero attached hydrogens (tertiary/aromatic N) is 2. The molecule has 0 aromatic heterocycles. The molecule has 0 spiro atoms. The van der Waals surface area contributed by atoms with Crippen LogP contribution in [0.5, 0.6) is 0 Å². The molecule has 0 unspecified atom stereocenters. The Morgan fingerprint density at radius 1 is 1.15 bits per heavy atom. The Hall–Kier alpha value is -0.610. The van der Waals surface area contributed by atoms with Gasteiger partial charge in [-0.25, -0.2) is 0 Å². The lowest BCUT2D eigenvalue weighted by molar-refractivity contribution is -0.134. The Bertz CT molecular complexity index is 285. The van der Waals surface area contributed by atoms with Crippen LogP contribution < -0.4 is 5.73 Å². The molecule has 20 heavy (non-hydrogen) atoms. The molecule has 118 valence electrons. The maximum absolute atomic E-state index is 12.5. The van der Waals surface area contributed by atoms with E-state index in [1.54, 1.807) is 0 Å². The molecule has 0 bridgehead atoms. The first-order valence-electron chi connectivity index (χ1n) is 8.15. The summed E-state index contributed by atoms with van der Waals surface area (Å²) >= 11 is 0. The highest BCUT2D eigenvalue weighted by atomic mass is 16.2. The molecule has 0 aromatic carbocycles. The predicted molar refractivity (Wildman–Crippen MR) is 84.6 cm³/mol. The van der Waals surface area contributed by atoms with Gasteiger partial charge in [0.1, 0.15) is 0 Å². The molecule has 4 heteroatoms. The lowest BCUT2D eigenvalue weighted by Gasteiger charge is -2.37. The highest BCUT2D eigenvalue weighted by molar-refractivity contribution is 5.77. The summed E-state index contributed by atoms with van der Waals surface area (Å²) in [5, 5.41) is 0. The first-order chi connectivity index (χ1) is 9.53. The summed E-state index contributed by atoms with van der Waals surface area (Å²) in [6.45, 7) is 5.45. The Morgan fingerprint density at radius 3 is 2.30 bits per heavy atom. The minimum Gasteiger partial charge on any atom is -0.343 e. The molecule has 0 heterocycles. The Labute approximate surface area is 124 Å². The first-order valence-corrected chi connectivity index (χ1v) is 8.15. The fourth-order valence-corrected chi connectivity index (χ4v) is 3.22. The van der Waals surface area contributed by atoms with Crippen LogP contribution in [0.1, 0.15) is 51.9 Å². The summed E-state index contributed by atoms with van der Waals surface area (Å²) in [5.74, 6) is 0.304. The molecule has 1 rings (SSSR count). The minimum atomic E-state index is 0.0876. The van der Waals surface area contributed by atoms with Crippen LogP contribution in [0.2, 0.25) is 0 Å². The second-order valence-corrected chi connectivity index (χ2v) is 6.57. The van der Waals surface area contributed by atoms with Crippen molar-refractivity contribution < 1.29 is 4.79 Å². The molecule has 0 aromatic rings. The number of hydrogen-bond acceptors (Lipinski definition) is 3. The molecule has 0 atom stereocenters. The SMILES string of the molecule is CCN(CCCN(C)C)C(=O)CC1(CN)CCCCC1. The van der Waals surface area contributed by atoms with E-state index in [1.165, 1.54) is 19.3 Å². The van der Waals surface area contributed by atoms with Gasteiger partial charge in [-0.2, -0.15) is 0 Å². The molecule has 0 aliphatic heterocycles. The van der Waals surface area contributed by atoms with Crippen molar-refractivity contribution in [2.75, 3.05) is 40.3 Å². The van der Waals surface area contributed by atoms with Crippen LogP contribution in [0.25, 0.3) is 0 Å². The molecule has 1 aliphatic rings. The van der Waals surface area contributed by atoms with E-state index in [0.29, 0.717) is 18.9 Å². The smallest absolute Gasteiger partial charge is 0.223 e. The zero-order valence-corrected chi connectivity index (χ0v) is 13.7. The summed E-state index contributed by atoms with van der Waals surface area (Å²) in [4.78, 5) is 16.7.